The largest absolute Gasteiger partial charge is 0.482 e. The molecule has 0 aromatic heterocycles. The smallest absolute Gasteiger partial charge is 0.271 e. The lowest BCUT2D eigenvalue weighted by Crippen LogP contribution is -2.44. The summed E-state index contributed by atoms with van der Waals surface area (Å²) in [5.74, 6) is -0.733. The molecule has 0 atom stereocenters. The number of aliphatic hydroxyl groups excluding tert-OH is 1. The number of benzene rings is 1. The van der Waals surface area contributed by atoms with Crippen LogP contribution in [0, 0.1) is 0 Å². The molecule has 0 bridgehead atoms. The van der Waals surface area contributed by atoms with Crippen LogP contribution in [-0.4, -0.2) is 30.1 Å². The number of carbonyl (C=O) groups is 2. The van der Waals surface area contributed by atoms with Gasteiger partial charge in [-0.05, 0) is 17.7 Å². The van der Waals surface area contributed by atoms with E-state index >= 15 is 0 Å². The summed E-state index contributed by atoms with van der Waals surface area (Å²) in [6, 6.07) is 5.03. The highest BCUT2D eigenvalue weighted by Crippen LogP contribution is 2.32. The maximum atomic E-state index is 11.6. The first-order valence-corrected chi connectivity index (χ1v) is 5.10. The normalized spacial score (nSPS) is 14.2. The lowest BCUT2D eigenvalue weighted by Gasteiger charge is -2.27. The molecule has 90 valence electrons. The van der Waals surface area contributed by atoms with Crippen molar-refractivity contribution >= 4 is 17.5 Å². The number of ether oxygens (including phenoxy) is 1. The number of nitrogens with two attached hydrogens (primary N) is 1. The van der Waals surface area contributed by atoms with Gasteiger partial charge in [0.25, 0.3) is 11.8 Å². The first-order valence-electron chi connectivity index (χ1n) is 5.10. The molecule has 2 rings (SSSR count). The van der Waals surface area contributed by atoms with Crippen molar-refractivity contribution in [2.24, 2.45) is 5.73 Å². The van der Waals surface area contributed by atoms with Crippen LogP contribution in [0.1, 0.15) is 5.56 Å². The number of hydrogen-bond acceptors (Lipinski definition) is 5. The highest BCUT2D eigenvalue weighted by atomic mass is 16.5. The average Bonchev–Trinajstić information content (AvgIpc) is 2.37. The van der Waals surface area contributed by atoms with E-state index in [-0.39, 0.29) is 6.61 Å². The Balaban J connectivity index is 2.48. The first kappa shape index (κ1) is 11.6. The summed E-state index contributed by atoms with van der Waals surface area (Å²) in [6.45, 7) is -0.638. The van der Waals surface area contributed by atoms with Gasteiger partial charge in [-0.25, -0.2) is 4.90 Å². The zero-order valence-electron chi connectivity index (χ0n) is 9.05. The number of nitrogens with zero attached hydrogens (tertiary/aromatic N) is 1. The van der Waals surface area contributed by atoms with E-state index in [1.807, 2.05) is 0 Å². The summed E-state index contributed by atoms with van der Waals surface area (Å²) in [6.07, 6.45) is 0. The second kappa shape index (κ2) is 4.52. The molecule has 0 saturated carbocycles. The van der Waals surface area contributed by atoms with Gasteiger partial charge >= 0.3 is 0 Å². The molecule has 0 saturated heterocycles. The maximum absolute atomic E-state index is 11.6. The summed E-state index contributed by atoms with van der Waals surface area (Å²) >= 11 is 0. The monoisotopic (exact) mass is 236 g/mol. The predicted octanol–water partition coefficient (Wildman–Crippen LogP) is -0.610. The molecule has 2 amide bonds. The van der Waals surface area contributed by atoms with Gasteiger partial charge < -0.3 is 15.6 Å². The third kappa shape index (κ3) is 2.00. The van der Waals surface area contributed by atoms with Gasteiger partial charge in [0.05, 0.1) is 5.69 Å². The van der Waals surface area contributed by atoms with E-state index in [0.29, 0.717) is 18.0 Å². The van der Waals surface area contributed by atoms with Crippen LogP contribution in [0.4, 0.5) is 5.69 Å². The Morgan fingerprint density at radius 3 is 2.94 bits per heavy atom. The van der Waals surface area contributed by atoms with Gasteiger partial charge in [-0.2, -0.15) is 0 Å². The van der Waals surface area contributed by atoms with Crippen LogP contribution in [0.25, 0.3) is 0 Å². The quantitative estimate of drug-likeness (QED) is 0.714. The van der Waals surface area contributed by atoms with Crippen molar-refractivity contribution in [3.8, 4) is 5.75 Å². The van der Waals surface area contributed by atoms with Gasteiger partial charge in [-0.1, -0.05) is 6.07 Å². The number of amides is 2. The molecule has 1 aliphatic rings. The number of fused-ring (bicyclic) bond motifs is 1. The Labute approximate surface area is 97.6 Å². The van der Waals surface area contributed by atoms with Crippen molar-refractivity contribution in [3.05, 3.63) is 23.8 Å². The molecule has 0 spiro atoms. The topological polar surface area (TPSA) is 92.9 Å². The van der Waals surface area contributed by atoms with E-state index < -0.39 is 18.4 Å². The van der Waals surface area contributed by atoms with Crippen LogP contribution in [0.3, 0.4) is 0 Å². The summed E-state index contributed by atoms with van der Waals surface area (Å²) < 4.78 is 5.19. The minimum atomic E-state index is -0.724. The predicted molar refractivity (Wildman–Crippen MR) is 59.4 cm³/mol. The van der Waals surface area contributed by atoms with Crippen LogP contribution in [0.5, 0.6) is 5.75 Å². The minimum absolute atomic E-state index is 0.208. The zero-order chi connectivity index (χ0) is 12.4. The van der Waals surface area contributed by atoms with E-state index in [9.17, 15) is 9.59 Å². The van der Waals surface area contributed by atoms with Gasteiger partial charge in [-0.3, -0.25) is 9.59 Å². The Hall–Kier alpha value is -1.92. The first-order chi connectivity index (χ1) is 8.17. The fourth-order valence-corrected chi connectivity index (χ4v) is 1.67. The SMILES string of the molecule is NCc1ccc2c(c1)N(C(=O)CO)C(=O)CO2. The fraction of sp³-hybridized carbons (Fsp3) is 0.273. The second-order valence-electron chi connectivity index (χ2n) is 3.58. The Morgan fingerprint density at radius 2 is 2.29 bits per heavy atom. The Bertz CT molecular complexity index is 473. The molecular formula is C11H12N2O4. The van der Waals surface area contributed by atoms with E-state index in [1.54, 1.807) is 18.2 Å². The van der Waals surface area contributed by atoms with E-state index in [2.05, 4.69) is 0 Å². The number of rotatable bonds is 2. The van der Waals surface area contributed by atoms with Gasteiger partial charge in [0.1, 0.15) is 12.4 Å². The molecule has 1 heterocycles. The summed E-state index contributed by atoms with van der Waals surface area (Å²) in [5, 5.41) is 8.85. The van der Waals surface area contributed by atoms with Crippen molar-refractivity contribution in [2.45, 2.75) is 6.54 Å². The molecule has 0 aliphatic carbocycles. The van der Waals surface area contributed by atoms with Crippen molar-refractivity contribution in [1.29, 1.82) is 0 Å². The molecular weight excluding hydrogens is 224 g/mol. The van der Waals surface area contributed by atoms with Crippen molar-refractivity contribution in [1.82, 2.24) is 0 Å². The van der Waals surface area contributed by atoms with Crippen molar-refractivity contribution < 1.29 is 19.4 Å². The standard InChI is InChI=1S/C11H12N2O4/c12-4-7-1-2-9-8(3-7)13(10(15)5-14)11(16)6-17-9/h1-3,14H,4-6,12H2. The average molecular weight is 236 g/mol. The van der Waals surface area contributed by atoms with Gasteiger partial charge in [0.2, 0.25) is 0 Å². The fourth-order valence-electron chi connectivity index (χ4n) is 1.67. The summed E-state index contributed by atoms with van der Waals surface area (Å²) in [5.41, 5.74) is 6.61. The highest BCUT2D eigenvalue weighted by molar-refractivity contribution is 6.17. The van der Waals surface area contributed by atoms with E-state index in [4.69, 9.17) is 15.6 Å². The van der Waals surface area contributed by atoms with Crippen LogP contribution in [-0.2, 0) is 16.1 Å². The van der Waals surface area contributed by atoms with E-state index in [1.165, 1.54) is 0 Å². The number of imide groups is 1. The second-order valence-corrected chi connectivity index (χ2v) is 3.58. The third-order valence-electron chi connectivity index (χ3n) is 2.49. The molecule has 0 unspecified atom stereocenters. The van der Waals surface area contributed by atoms with Crippen molar-refractivity contribution in [2.75, 3.05) is 18.1 Å². The van der Waals surface area contributed by atoms with Crippen LogP contribution < -0.4 is 15.4 Å². The maximum Gasteiger partial charge on any atom is 0.271 e. The molecule has 0 fully saturated rings. The molecule has 6 heteroatoms. The van der Waals surface area contributed by atoms with Crippen LogP contribution in [0.2, 0.25) is 0 Å². The molecule has 0 radical (unpaired) electrons. The lowest BCUT2D eigenvalue weighted by molar-refractivity contribution is -0.129. The van der Waals surface area contributed by atoms with Gasteiger partial charge in [0.15, 0.2) is 6.61 Å². The highest BCUT2D eigenvalue weighted by Gasteiger charge is 2.30. The Kier molecular flexibility index (Phi) is 3.08. The van der Waals surface area contributed by atoms with Gasteiger partial charge in [0, 0.05) is 6.54 Å². The molecule has 6 nitrogen and oxygen atoms in total. The number of aliphatic hydroxyl groups is 1. The van der Waals surface area contributed by atoms with Crippen molar-refractivity contribution in [3.63, 3.8) is 0 Å². The molecule has 3 N–H and O–H groups in total. The molecule has 1 aliphatic heterocycles. The van der Waals surface area contributed by atoms with E-state index in [0.717, 1.165) is 10.5 Å². The number of anilines is 1. The van der Waals surface area contributed by atoms with Crippen LogP contribution in [0.15, 0.2) is 18.2 Å². The number of carbonyl (C=O) groups excluding carboxylic acids is 2. The summed E-state index contributed by atoms with van der Waals surface area (Å²) in [4.78, 5) is 24.0. The minimum Gasteiger partial charge on any atom is -0.482 e. The molecule has 1 aromatic rings. The zero-order valence-corrected chi connectivity index (χ0v) is 9.05. The molecule has 17 heavy (non-hydrogen) atoms. The summed E-state index contributed by atoms with van der Waals surface area (Å²) in [7, 11) is 0. The number of hydrogen-bond donors (Lipinski definition) is 2. The lowest BCUT2D eigenvalue weighted by atomic mass is 10.1. The molecule has 1 aromatic carbocycles. The Morgan fingerprint density at radius 1 is 1.53 bits per heavy atom. The van der Waals surface area contributed by atoms with Gasteiger partial charge in [-0.15, -0.1) is 0 Å². The third-order valence-corrected chi connectivity index (χ3v) is 2.49. The van der Waals surface area contributed by atoms with Crippen LogP contribution >= 0.6 is 0 Å².